The van der Waals surface area contributed by atoms with E-state index in [4.69, 9.17) is 4.74 Å². The molecule has 1 unspecified atom stereocenters. The smallest absolute Gasteiger partial charge is 0.319 e. The Balaban J connectivity index is 2.01. The Morgan fingerprint density at radius 2 is 2.13 bits per heavy atom. The van der Waals surface area contributed by atoms with Crippen LogP contribution in [0.15, 0.2) is 30.5 Å². The highest BCUT2D eigenvalue weighted by atomic mass is 16.5. The summed E-state index contributed by atoms with van der Waals surface area (Å²) >= 11 is 0. The van der Waals surface area contributed by atoms with Crippen molar-refractivity contribution in [3.63, 3.8) is 0 Å². The van der Waals surface area contributed by atoms with Crippen molar-refractivity contribution in [1.82, 2.24) is 9.88 Å². The molecule has 6 nitrogen and oxygen atoms in total. The molecule has 0 spiro atoms. The summed E-state index contributed by atoms with van der Waals surface area (Å²) in [5.41, 5.74) is 1.76. The van der Waals surface area contributed by atoms with E-state index in [0.717, 1.165) is 17.4 Å². The third kappa shape index (κ3) is 4.71. The number of hydrogen-bond acceptors (Lipinski definition) is 3. The number of anilines is 1. The van der Waals surface area contributed by atoms with E-state index < -0.39 is 6.10 Å². The summed E-state index contributed by atoms with van der Waals surface area (Å²) in [6.45, 7) is 5.44. The number of nitrogens with one attached hydrogen (secondary N) is 2. The summed E-state index contributed by atoms with van der Waals surface area (Å²) in [5.74, 6) is 0.107. The molecule has 1 aromatic carbocycles. The molecule has 0 saturated carbocycles. The third-order valence-electron chi connectivity index (χ3n) is 3.81. The third-order valence-corrected chi connectivity index (χ3v) is 3.81. The Morgan fingerprint density at radius 1 is 1.35 bits per heavy atom. The van der Waals surface area contributed by atoms with Crippen LogP contribution in [0.1, 0.15) is 13.8 Å². The van der Waals surface area contributed by atoms with E-state index in [9.17, 15) is 9.90 Å². The fourth-order valence-corrected chi connectivity index (χ4v) is 2.25. The number of benzene rings is 1. The van der Waals surface area contributed by atoms with Gasteiger partial charge in [0.2, 0.25) is 0 Å². The predicted molar refractivity (Wildman–Crippen MR) is 91.7 cm³/mol. The second-order valence-electron chi connectivity index (χ2n) is 5.92. The Morgan fingerprint density at radius 3 is 2.83 bits per heavy atom. The highest BCUT2D eigenvalue weighted by Crippen LogP contribution is 2.20. The topological polar surface area (TPSA) is 75.5 Å². The molecular weight excluding hydrogens is 294 g/mol. The van der Waals surface area contributed by atoms with Crippen molar-refractivity contribution in [2.45, 2.75) is 26.5 Å². The molecular formula is C17H25N3O3. The first-order valence-electron chi connectivity index (χ1n) is 7.82. The molecule has 1 atom stereocenters. The standard InChI is InChI=1S/C17H25N3O3/c1-12(2)16(21)11-18-17(22)19-14-5-4-13-6-7-20(8-9-23-3)15(13)10-14/h4-7,10,12,16,21H,8-9,11H2,1-3H3,(H2,18,19,22). The van der Waals surface area contributed by atoms with Gasteiger partial charge in [0.05, 0.1) is 18.2 Å². The minimum Gasteiger partial charge on any atom is -0.391 e. The Bertz CT molecular complexity index is 652. The van der Waals surface area contributed by atoms with Gasteiger partial charge in [0.25, 0.3) is 0 Å². The van der Waals surface area contributed by atoms with Crippen molar-refractivity contribution < 1.29 is 14.6 Å². The van der Waals surface area contributed by atoms with E-state index in [1.807, 2.05) is 44.3 Å². The number of ether oxygens (including phenoxy) is 1. The van der Waals surface area contributed by atoms with Gasteiger partial charge in [-0.15, -0.1) is 0 Å². The lowest BCUT2D eigenvalue weighted by atomic mass is 10.1. The van der Waals surface area contributed by atoms with Crippen LogP contribution >= 0.6 is 0 Å². The maximum Gasteiger partial charge on any atom is 0.319 e. The molecule has 2 aromatic rings. The number of aromatic nitrogens is 1. The number of urea groups is 1. The van der Waals surface area contributed by atoms with Gasteiger partial charge in [0, 0.05) is 32.1 Å². The van der Waals surface area contributed by atoms with Gasteiger partial charge in [0.1, 0.15) is 0 Å². The normalized spacial score (nSPS) is 12.6. The van der Waals surface area contributed by atoms with Gasteiger partial charge in [-0.3, -0.25) is 0 Å². The van der Waals surface area contributed by atoms with E-state index in [0.29, 0.717) is 12.3 Å². The van der Waals surface area contributed by atoms with Gasteiger partial charge >= 0.3 is 6.03 Å². The van der Waals surface area contributed by atoms with Crippen LogP contribution in [0.2, 0.25) is 0 Å². The number of nitrogens with zero attached hydrogens (tertiary/aromatic N) is 1. The van der Waals surface area contributed by atoms with Crippen LogP contribution in [0.5, 0.6) is 0 Å². The number of fused-ring (bicyclic) bond motifs is 1. The van der Waals surface area contributed by atoms with Gasteiger partial charge in [0.15, 0.2) is 0 Å². The van der Waals surface area contributed by atoms with Crippen molar-refractivity contribution in [2.24, 2.45) is 5.92 Å². The maximum absolute atomic E-state index is 11.9. The number of amides is 2. The van der Waals surface area contributed by atoms with Gasteiger partial charge in [-0.2, -0.15) is 0 Å². The summed E-state index contributed by atoms with van der Waals surface area (Å²) in [5, 5.41) is 16.3. The largest absolute Gasteiger partial charge is 0.391 e. The Kier molecular flexibility index (Phi) is 6.01. The second kappa shape index (κ2) is 7.99. The number of hydrogen-bond donors (Lipinski definition) is 3. The summed E-state index contributed by atoms with van der Waals surface area (Å²) in [4.78, 5) is 11.9. The van der Waals surface area contributed by atoms with E-state index in [-0.39, 0.29) is 18.5 Å². The quantitative estimate of drug-likeness (QED) is 0.733. The maximum atomic E-state index is 11.9. The zero-order valence-electron chi connectivity index (χ0n) is 13.9. The molecule has 0 saturated heterocycles. The van der Waals surface area contributed by atoms with Crippen LogP contribution in [-0.4, -0.2) is 42.1 Å². The molecule has 6 heteroatoms. The van der Waals surface area contributed by atoms with Gasteiger partial charge in [-0.05, 0) is 29.5 Å². The summed E-state index contributed by atoms with van der Waals surface area (Å²) in [6, 6.07) is 7.48. The molecule has 23 heavy (non-hydrogen) atoms. The lowest BCUT2D eigenvalue weighted by molar-refractivity contribution is 0.126. The average molecular weight is 319 g/mol. The number of carbonyl (C=O) groups is 1. The molecule has 1 aromatic heterocycles. The number of rotatable bonds is 7. The van der Waals surface area contributed by atoms with E-state index in [1.165, 1.54) is 0 Å². The van der Waals surface area contributed by atoms with Crippen molar-refractivity contribution in [3.05, 3.63) is 30.5 Å². The molecule has 1 heterocycles. The summed E-state index contributed by atoms with van der Waals surface area (Å²) in [7, 11) is 1.68. The van der Waals surface area contributed by atoms with Crippen LogP contribution in [0, 0.1) is 5.92 Å². The number of aliphatic hydroxyl groups excluding tert-OH is 1. The molecule has 0 aliphatic heterocycles. The van der Waals surface area contributed by atoms with Crippen LogP contribution in [-0.2, 0) is 11.3 Å². The van der Waals surface area contributed by atoms with Crippen LogP contribution in [0.4, 0.5) is 10.5 Å². The monoisotopic (exact) mass is 319 g/mol. The first kappa shape index (κ1) is 17.3. The predicted octanol–water partition coefficient (Wildman–Crippen LogP) is 2.43. The van der Waals surface area contributed by atoms with E-state index in [1.54, 1.807) is 7.11 Å². The second-order valence-corrected chi connectivity index (χ2v) is 5.92. The lowest BCUT2D eigenvalue weighted by Crippen LogP contribution is -2.37. The molecule has 0 fully saturated rings. The number of methoxy groups -OCH3 is 1. The van der Waals surface area contributed by atoms with E-state index in [2.05, 4.69) is 15.2 Å². The molecule has 0 aliphatic rings. The van der Waals surface area contributed by atoms with Crippen LogP contribution in [0.3, 0.4) is 0 Å². The first-order chi connectivity index (χ1) is 11.0. The zero-order chi connectivity index (χ0) is 16.8. The highest BCUT2D eigenvalue weighted by molar-refractivity contribution is 5.92. The zero-order valence-corrected chi connectivity index (χ0v) is 13.9. The van der Waals surface area contributed by atoms with Crippen LogP contribution in [0.25, 0.3) is 10.9 Å². The van der Waals surface area contributed by atoms with Crippen molar-refractivity contribution in [3.8, 4) is 0 Å². The summed E-state index contributed by atoms with van der Waals surface area (Å²) < 4.78 is 7.20. The fraction of sp³-hybridized carbons (Fsp3) is 0.471. The molecule has 2 amide bonds. The molecule has 0 radical (unpaired) electrons. The molecule has 0 bridgehead atoms. The average Bonchev–Trinajstić information content (AvgIpc) is 2.92. The molecule has 3 N–H and O–H groups in total. The summed E-state index contributed by atoms with van der Waals surface area (Å²) in [6.07, 6.45) is 1.46. The van der Waals surface area contributed by atoms with Crippen molar-refractivity contribution in [1.29, 1.82) is 0 Å². The Labute approximate surface area is 136 Å². The SMILES string of the molecule is COCCn1ccc2ccc(NC(=O)NCC(O)C(C)C)cc21. The fourth-order valence-electron chi connectivity index (χ4n) is 2.25. The molecule has 2 rings (SSSR count). The van der Waals surface area contributed by atoms with Gasteiger partial charge in [-0.1, -0.05) is 19.9 Å². The Hall–Kier alpha value is -2.05. The van der Waals surface area contributed by atoms with Crippen LogP contribution < -0.4 is 10.6 Å². The van der Waals surface area contributed by atoms with Gasteiger partial charge in [-0.25, -0.2) is 4.79 Å². The van der Waals surface area contributed by atoms with E-state index >= 15 is 0 Å². The van der Waals surface area contributed by atoms with Gasteiger partial charge < -0.3 is 25.0 Å². The van der Waals surface area contributed by atoms with Crippen molar-refractivity contribution >= 4 is 22.6 Å². The minimum atomic E-state index is -0.547. The number of aliphatic hydroxyl groups is 1. The molecule has 126 valence electrons. The highest BCUT2D eigenvalue weighted by Gasteiger charge is 2.11. The first-order valence-corrected chi connectivity index (χ1v) is 7.82. The molecule has 0 aliphatic carbocycles. The van der Waals surface area contributed by atoms with Crippen molar-refractivity contribution in [2.75, 3.05) is 25.6 Å². The minimum absolute atomic E-state index is 0.107. The lowest BCUT2D eigenvalue weighted by Gasteiger charge is -2.15. The number of carbonyl (C=O) groups excluding carboxylic acids is 1.